The second-order valence-corrected chi connectivity index (χ2v) is 11.5. The van der Waals surface area contributed by atoms with Gasteiger partial charge < -0.3 is 30.5 Å². The quantitative estimate of drug-likeness (QED) is 0.290. The zero-order valence-electron chi connectivity index (χ0n) is 26.0. The van der Waals surface area contributed by atoms with Crippen LogP contribution in [0.4, 0.5) is 24.9 Å². The van der Waals surface area contributed by atoms with Crippen molar-refractivity contribution in [1.82, 2.24) is 25.1 Å². The van der Waals surface area contributed by atoms with Gasteiger partial charge in [0.15, 0.2) is 0 Å². The Balaban J connectivity index is 1.38. The smallest absolute Gasteiger partial charge is 0.419 e. The average Bonchev–Trinajstić information content (AvgIpc) is 3.03. The topological polar surface area (TPSA) is 141 Å². The summed E-state index contributed by atoms with van der Waals surface area (Å²) in [5.74, 6) is -0.616. The predicted octanol–water partition coefficient (Wildman–Crippen LogP) is 4.08. The lowest BCUT2D eigenvalue weighted by Gasteiger charge is -2.33. The van der Waals surface area contributed by atoms with Gasteiger partial charge in [0.2, 0.25) is 11.9 Å². The van der Waals surface area contributed by atoms with Gasteiger partial charge in [-0.05, 0) is 61.1 Å². The van der Waals surface area contributed by atoms with Crippen LogP contribution in [0.25, 0.3) is 10.9 Å². The van der Waals surface area contributed by atoms with E-state index < -0.39 is 35.3 Å². The maximum Gasteiger partial charge on any atom is 0.419 e. The largest absolute Gasteiger partial charge is 0.457 e. The number of carbonyl (C=O) groups is 2. The Labute approximate surface area is 269 Å². The van der Waals surface area contributed by atoms with Crippen molar-refractivity contribution in [1.29, 1.82) is 5.26 Å². The first-order chi connectivity index (χ1) is 22.3. The van der Waals surface area contributed by atoms with Gasteiger partial charge in [0.1, 0.15) is 23.4 Å². The number of alkyl halides is 3. The van der Waals surface area contributed by atoms with Crippen LogP contribution >= 0.6 is 0 Å². The number of fused-ring (bicyclic) bond motifs is 1. The van der Waals surface area contributed by atoms with E-state index in [9.17, 15) is 28.0 Å². The number of anilines is 2. The van der Waals surface area contributed by atoms with Gasteiger partial charge in [0.05, 0.1) is 22.7 Å². The number of halogens is 3. The first-order valence-electron chi connectivity index (χ1n) is 14.7. The summed E-state index contributed by atoms with van der Waals surface area (Å²) in [6, 6.07) is 14.8. The molecular formula is C33H33F3N8O3. The van der Waals surface area contributed by atoms with Crippen molar-refractivity contribution in [2.75, 3.05) is 58.0 Å². The highest BCUT2D eigenvalue weighted by molar-refractivity contribution is 6.02. The van der Waals surface area contributed by atoms with Crippen LogP contribution in [0.2, 0.25) is 0 Å². The van der Waals surface area contributed by atoms with Gasteiger partial charge in [-0.2, -0.15) is 23.4 Å². The third kappa shape index (κ3) is 7.70. The summed E-state index contributed by atoms with van der Waals surface area (Å²) in [5, 5.41) is 12.7. The van der Waals surface area contributed by atoms with E-state index in [4.69, 9.17) is 10.5 Å². The summed E-state index contributed by atoms with van der Waals surface area (Å²) in [5.41, 5.74) is 6.26. The summed E-state index contributed by atoms with van der Waals surface area (Å²) in [6.45, 7) is 3.26. The molecule has 1 fully saturated rings. The number of ether oxygens (including phenoxy) is 1. The molecule has 0 spiro atoms. The molecule has 2 amide bonds. The number of hydrogen-bond donors (Lipinski definition) is 2. The number of rotatable bonds is 8. The van der Waals surface area contributed by atoms with Crippen LogP contribution in [0.5, 0.6) is 11.5 Å². The molecule has 47 heavy (non-hydrogen) atoms. The number of piperazine rings is 1. The molecule has 4 aromatic rings. The predicted molar refractivity (Wildman–Crippen MR) is 170 cm³/mol. The molecule has 1 aliphatic heterocycles. The lowest BCUT2D eigenvalue weighted by atomic mass is 10.0. The Hall–Kier alpha value is -5.42. The summed E-state index contributed by atoms with van der Waals surface area (Å²) in [6.07, 6.45) is -4.69. The summed E-state index contributed by atoms with van der Waals surface area (Å²) in [7, 11) is 5.16. The minimum absolute atomic E-state index is 0.00176. The Morgan fingerprint density at radius 1 is 1.06 bits per heavy atom. The molecule has 0 radical (unpaired) electrons. The standard InChI is InChI=1S/C33H33F3N8O3/c1-42(2)31(46)27(16-20-5-4-6-23(15-20)47-28-17-21(19-37)7-10-25(28)33(34,35)36)39-30(45)22-8-9-24-26(18-22)40-32(38)41-29(24)44-13-11-43(3)12-14-44/h4-10,15,17-18,27H,11-14,16H2,1-3H3,(H,39,45)(H2,38,40,41). The minimum Gasteiger partial charge on any atom is -0.457 e. The number of likely N-dealkylation sites (N-methyl/N-ethyl adjacent to an activating group) is 2. The van der Waals surface area contributed by atoms with Gasteiger partial charge >= 0.3 is 6.18 Å². The van der Waals surface area contributed by atoms with Crippen molar-refractivity contribution in [3.05, 3.63) is 82.9 Å². The molecular weight excluding hydrogens is 613 g/mol. The molecule has 2 heterocycles. The molecule has 1 saturated heterocycles. The highest BCUT2D eigenvalue weighted by Crippen LogP contribution is 2.39. The fourth-order valence-corrected chi connectivity index (χ4v) is 5.29. The van der Waals surface area contributed by atoms with Crippen molar-refractivity contribution >= 4 is 34.5 Å². The molecule has 1 unspecified atom stereocenters. The van der Waals surface area contributed by atoms with Gasteiger partial charge in [-0.3, -0.25) is 9.59 Å². The van der Waals surface area contributed by atoms with Gasteiger partial charge in [-0.1, -0.05) is 12.1 Å². The zero-order valence-corrected chi connectivity index (χ0v) is 26.0. The first-order valence-corrected chi connectivity index (χ1v) is 14.7. The van der Waals surface area contributed by atoms with E-state index in [0.29, 0.717) is 16.9 Å². The number of nitrogens with zero attached hydrogens (tertiary/aromatic N) is 6. The molecule has 14 heteroatoms. The number of benzene rings is 3. The van der Waals surface area contributed by atoms with Crippen molar-refractivity contribution in [3.8, 4) is 17.6 Å². The number of carbonyl (C=O) groups excluding carboxylic acids is 2. The van der Waals surface area contributed by atoms with E-state index in [0.717, 1.165) is 49.8 Å². The van der Waals surface area contributed by atoms with Crippen molar-refractivity contribution in [3.63, 3.8) is 0 Å². The molecule has 1 aromatic heterocycles. The van der Waals surface area contributed by atoms with Gasteiger partial charge in [0.25, 0.3) is 5.91 Å². The average molecular weight is 647 g/mol. The van der Waals surface area contributed by atoms with Crippen LogP contribution in [-0.2, 0) is 17.4 Å². The van der Waals surface area contributed by atoms with Crippen molar-refractivity contribution < 1.29 is 27.5 Å². The van der Waals surface area contributed by atoms with E-state index in [2.05, 4.69) is 32.1 Å². The molecule has 1 aliphatic rings. The molecule has 0 bridgehead atoms. The van der Waals surface area contributed by atoms with E-state index in [1.54, 1.807) is 44.4 Å². The summed E-state index contributed by atoms with van der Waals surface area (Å²) in [4.78, 5) is 41.2. The SMILES string of the molecule is CN1CCN(c2nc(N)nc3cc(C(=O)NC(Cc4cccc(Oc5cc(C#N)ccc5C(F)(F)F)c4)C(=O)N(C)C)ccc23)CC1. The number of nitrogen functional groups attached to an aromatic ring is 1. The molecule has 1 atom stereocenters. The third-order valence-electron chi connectivity index (χ3n) is 7.79. The van der Waals surface area contributed by atoms with E-state index in [1.807, 2.05) is 6.07 Å². The fourth-order valence-electron chi connectivity index (χ4n) is 5.29. The van der Waals surface area contributed by atoms with Crippen LogP contribution in [0.15, 0.2) is 60.7 Å². The lowest BCUT2D eigenvalue weighted by Crippen LogP contribution is -2.47. The van der Waals surface area contributed by atoms with Crippen LogP contribution in [0.3, 0.4) is 0 Å². The summed E-state index contributed by atoms with van der Waals surface area (Å²) >= 11 is 0. The molecule has 3 aromatic carbocycles. The molecule has 244 valence electrons. The lowest BCUT2D eigenvalue weighted by molar-refractivity contribution is -0.138. The summed E-state index contributed by atoms with van der Waals surface area (Å²) < 4.78 is 46.5. The highest BCUT2D eigenvalue weighted by Gasteiger charge is 2.35. The molecule has 3 N–H and O–H groups in total. The molecule has 0 aliphatic carbocycles. The Kier molecular flexibility index (Phi) is 9.48. The van der Waals surface area contributed by atoms with Crippen LogP contribution in [0, 0.1) is 11.3 Å². The van der Waals surface area contributed by atoms with E-state index in [-0.39, 0.29) is 29.2 Å². The first kappa shape index (κ1) is 33.0. The Morgan fingerprint density at radius 3 is 2.49 bits per heavy atom. The van der Waals surface area contributed by atoms with E-state index >= 15 is 0 Å². The van der Waals surface area contributed by atoms with Gasteiger partial charge in [0, 0.05) is 57.6 Å². The number of nitriles is 1. The number of nitrogens with two attached hydrogens (primary N) is 1. The molecule has 0 saturated carbocycles. The zero-order chi connectivity index (χ0) is 33.9. The van der Waals surface area contributed by atoms with Crippen molar-refractivity contribution in [2.24, 2.45) is 0 Å². The number of aromatic nitrogens is 2. The maximum absolute atomic E-state index is 13.6. The molecule has 11 nitrogen and oxygen atoms in total. The Bertz CT molecular complexity index is 1850. The normalized spacial score (nSPS) is 14.4. The second-order valence-electron chi connectivity index (χ2n) is 11.5. The number of nitrogens with one attached hydrogen (secondary N) is 1. The number of amides is 2. The highest BCUT2D eigenvalue weighted by atomic mass is 19.4. The third-order valence-corrected chi connectivity index (χ3v) is 7.79. The second kappa shape index (κ2) is 13.5. The Morgan fingerprint density at radius 2 is 1.81 bits per heavy atom. The maximum atomic E-state index is 13.6. The van der Waals surface area contributed by atoms with Gasteiger partial charge in [-0.25, -0.2) is 4.98 Å². The van der Waals surface area contributed by atoms with Crippen molar-refractivity contribution in [2.45, 2.75) is 18.6 Å². The number of hydrogen-bond acceptors (Lipinski definition) is 9. The van der Waals surface area contributed by atoms with Crippen LogP contribution in [0.1, 0.15) is 27.0 Å². The van der Waals surface area contributed by atoms with E-state index in [1.165, 1.54) is 17.0 Å². The minimum atomic E-state index is -4.71. The monoisotopic (exact) mass is 646 g/mol. The van der Waals surface area contributed by atoms with Crippen LogP contribution in [-0.4, -0.2) is 84.9 Å². The fraction of sp³-hybridized carbons (Fsp3) is 0.303. The molecule has 5 rings (SSSR count). The van der Waals surface area contributed by atoms with Crippen LogP contribution < -0.4 is 20.7 Å². The van der Waals surface area contributed by atoms with Gasteiger partial charge in [-0.15, -0.1) is 0 Å².